The molecule has 0 fully saturated rings. The highest BCUT2D eigenvalue weighted by atomic mass is 35.5. The van der Waals surface area contributed by atoms with E-state index in [1.807, 2.05) is 45.0 Å². The van der Waals surface area contributed by atoms with Crippen molar-refractivity contribution < 1.29 is 14.3 Å². The predicted octanol–water partition coefficient (Wildman–Crippen LogP) is 6.17. The number of carbonyl (C=O) groups excluding carboxylic acids is 2. The summed E-state index contributed by atoms with van der Waals surface area (Å²) in [5.74, 6) is 0. The molecule has 3 rings (SSSR count). The van der Waals surface area contributed by atoms with Crippen molar-refractivity contribution in [3.8, 4) is 10.4 Å². The van der Waals surface area contributed by atoms with Gasteiger partial charge in [0, 0.05) is 23.8 Å². The molecule has 32 heavy (non-hydrogen) atoms. The number of nitrogens with zero attached hydrogens (tertiary/aromatic N) is 1. The monoisotopic (exact) mass is 472 g/mol. The zero-order chi connectivity index (χ0) is 23.1. The molecule has 0 atom stereocenters. The van der Waals surface area contributed by atoms with Gasteiger partial charge in [0.1, 0.15) is 0 Å². The van der Waals surface area contributed by atoms with Crippen molar-refractivity contribution in [2.45, 2.75) is 32.7 Å². The van der Waals surface area contributed by atoms with Crippen molar-refractivity contribution in [2.75, 3.05) is 17.2 Å². The van der Waals surface area contributed by atoms with Crippen LogP contribution in [-0.4, -0.2) is 29.3 Å². The van der Waals surface area contributed by atoms with E-state index in [9.17, 15) is 9.59 Å². The van der Waals surface area contributed by atoms with Crippen LogP contribution in [0.15, 0.2) is 54.7 Å². The third-order valence-corrected chi connectivity index (χ3v) is 5.56. The third kappa shape index (κ3) is 7.25. The Morgan fingerprint density at radius 1 is 1.06 bits per heavy atom. The first-order valence-corrected chi connectivity index (χ1v) is 11.2. The van der Waals surface area contributed by atoms with Crippen LogP contribution in [0.4, 0.5) is 21.0 Å². The number of amides is 3. The van der Waals surface area contributed by atoms with Gasteiger partial charge in [-0.05, 0) is 50.6 Å². The summed E-state index contributed by atoms with van der Waals surface area (Å²) in [6, 6.07) is 14.1. The molecule has 0 bridgehead atoms. The Labute approximate surface area is 196 Å². The molecule has 3 amide bonds. The van der Waals surface area contributed by atoms with E-state index >= 15 is 0 Å². The topological polar surface area (TPSA) is 92.3 Å². The molecular formula is C23H25ClN4O3S. The van der Waals surface area contributed by atoms with Gasteiger partial charge in [-0.1, -0.05) is 35.9 Å². The van der Waals surface area contributed by atoms with Crippen LogP contribution < -0.4 is 16.0 Å². The lowest BCUT2D eigenvalue weighted by Gasteiger charge is -2.19. The van der Waals surface area contributed by atoms with E-state index in [0.29, 0.717) is 22.8 Å². The minimum absolute atomic E-state index is 0.262. The van der Waals surface area contributed by atoms with Gasteiger partial charge in [-0.15, -0.1) is 11.3 Å². The van der Waals surface area contributed by atoms with E-state index in [1.54, 1.807) is 30.5 Å². The average Bonchev–Trinajstić information content (AvgIpc) is 3.18. The molecule has 0 spiro atoms. The average molecular weight is 473 g/mol. The molecule has 0 aliphatic heterocycles. The quantitative estimate of drug-likeness (QED) is 0.399. The number of alkyl carbamates (subject to hydrolysis) is 1. The molecule has 7 nitrogen and oxygen atoms in total. The zero-order valence-electron chi connectivity index (χ0n) is 18.1. The van der Waals surface area contributed by atoms with Gasteiger partial charge >= 0.3 is 12.1 Å². The maximum atomic E-state index is 12.2. The number of hydrogen-bond acceptors (Lipinski definition) is 5. The summed E-state index contributed by atoms with van der Waals surface area (Å²) in [6.45, 7) is 5.95. The lowest BCUT2D eigenvalue weighted by Crippen LogP contribution is -2.41. The van der Waals surface area contributed by atoms with Gasteiger partial charge in [-0.2, -0.15) is 0 Å². The standard InChI is InChI=1S/C23H25ClN4O3S/c1-23(2,3)28-22(30)31-13-12-20-25-14-19(32-20)15-8-10-16(11-9-15)26-21(29)27-18-7-5-4-6-17(18)24/h4-11,14H,12-13H2,1-3H3,(H,28,30)(H2,26,27,29). The van der Waals surface area contributed by atoms with E-state index < -0.39 is 6.09 Å². The van der Waals surface area contributed by atoms with Gasteiger partial charge < -0.3 is 20.7 Å². The number of rotatable bonds is 6. The molecule has 3 N–H and O–H groups in total. The van der Waals surface area contributed by atoms with Crippen LogP contribution in [0, 0.1) is 0 Å². The molecule has 0 aliphatic carbocycles. The molecule has 0 saturated carbocycles. The molecule has 3 aromatic rings. The van der Waals surface area contributed by atoms with Crippen LogP contribution in [0.5, 0.6) is 0 Å². The van der Waals surface area contributed by atoms with Gasteiger partial charge in [-0.3, -0.25) is 0 Å². The third-order valence-electron chi connectivity index (χ3n) is 4.13. The molecule has 1 heterocycles. The van der Waals surface area contributed by atoms with E-state index in [1.165, 1.54) is 11.3 Å². The number of nitrogens with one attached hydrogen (secondary N) is 3. The van der Waals surface area contributed by atoms with Gasteiger partial charge in [-0.25, -0.2) is 14.6 Å². The van der Waals surface area contributed by atoms with Crippen LogP contribution in [0.25, 0.3) is 10.4 Å². The van der Waals surface area contributed by atoms with E-state index in [0.717, 1.165) is 15.4 Å². The minimum Gasteiger partial charge on any atom is -0.449 e. The number of aromatic nitrogens is 1. The Hall–Kier alpha value is -3.10. The number of ether oxygens (including phenoxy) is 1. The van der Waals surface area contributed by atoms with Gasteiger partial charge in [0.25, 0.3) is 0 Å². The summed E-state index contributed by atoms with van der Waals surface area (Å²) in [6.07, 6.45) is 1.90. The number of para-hydroxylation sites is 1. The van der Waals surface area contributed by atoms with Crippen LogP contribution in [0.1, 0.15) is 25.8 Å². The summed E-state index contributed by atoms with van der Waals surface area (Å²) in [5.41, 5.74) is 1.85. The molecule has 0 aliphatic rings. The van der Waals surface area contributed by atoms with Crippen molar-refractivity contribution in [3.63, 3.8) is 0 Å². The first-order chi connectivity index (χ1) is 15.2. The second-order valence-corrected chi connectivity index (χ2v) is 9.54. The molecular weight excluding hydrogens is 448 g/mol. The van der Waals surface area contributed by atoms with Crippen LogP contribution in [0.2, 0.25) is 5.02 Å². The van der Waals surface area contributed by atoms with Crippen molar-refractivity contribution in [3.05, 3.63) is 64.8 Å². The van der Waals surface area contributed by atoms with Crippen LogP contribution >= 0.6 is 22.9 Å². The number of hydrogen-bond donors (Lipinski definition) is 3. The summed E-state index contributed by atoms with van der Waals surface area (Å²) >= 11 is 7.60. The SMILES string of the molecule is CC(C)(C)NC(=O)OCCc1ncc(-c2ccc(NC(=O)Nc3ccccc3Cl)cc2)s1. The second-order valence-electron chi connectivity index (χ2n) is 8.02. The number of anilines is 2. The Bertz CT molecular complexity index is 1080. The van der Waals surface area contributed by atoms with Crippen molar-refractivity contribution in [1.82, 2.24) is 10.3 Å². The van der Waals surface area contributed by atoms with E-state index in [-0.39, 0.29) is 18.2 Å². The molecule has 0 radical (unpaired) electrons. The van der Waals surface area contributed by atoms with Crippen LogP contribution in [-0.2, 0) is 11.2 Å². The Morgan fingerprint density at radius 3 is 2.47 bits per heavy atom. The summed E-state index contributed by atoms with van der Waals surface area (Å²) in [5, 5.41) is 9.60. The fourth-order valence-corrected chi connectivity index (χ4v) is 3.78. The summed E-state index contributed by atoms with van der Waals surface area (Å²) in [4.78, 5) is 29.3. The van der Waals surface area contributed by atoms with Gasteiger partial charge in [0.2, 0.25) is 0 Å². The number of carbonyl (C=O) groups is 2. The first kappa shape index (κ1) is 23.6. The fourth-order valence-electron chi connectivity index (χ4n) is 2.70. The summed E-state index contributed by atoms with van der Waals surface area (Å²) < 4.78 is 5.20. The highest BCUT2D eigenvalue weighted by Crippen LogP contribution is 2.28. The van der Waals surface area contributed by atoms with Crippen molar-refractivity contribution in [2.24, 2.45) is 0 Å². The number of halogens is 1. The largest absolute Gasteiger partial charge is 0.449 e. The van der Waals surface area contributed by atoms with Crippen LogP contribution in [0.3, 0.4) is 0 Å². The molecule has 1 aromatic heterocycles. The zero-order valence-corrected chi connectivity index (χ0v) is 19.6. The number of benzene rings is 2. The Balaban J connectivity index is 1.51. The van der Waals surface area contributed by atoms with Crippen molar-refractivity contribution in [1.29, 1.82) is 0 Å². The van der Waals surface area contributed by atoms with Gasteiger partial charge in [0.05, 0.1) is 27.2 Å². The van der Waals surface area contributed by atoms with E-state index in [4.69, 9.17) is 16.3 Å². The lowest BCUT2D eigenvalue weighted by atomic mass is 10.1. The normalized spacial score (nSPS) is 11.0. The smallest absolute Gasteiger partial charge is 0.407 e. The molecule has 0 saturated heterocycles. The van der Waals surface area contributed by atoms with E-state index in [2.05, 4.69) is 20.9 Å². The highest BCUT2D eigenvalue weighted by molar-refractivity contribution is 7.15. The summed E-state index contributed by atoms with van der Waals surface area (Å²) in [7, 11) is 0. The fraction of sp³-hybridized carbons (Fsp3) is 0.261. The molecule has 2 aromatic carbocycles. The lowest BCUT2D eigenvalue weighted by molar-refractivity contribution is 0.139. The number of thiazole rings is 1. The first-order valence-electron chi connectivity index (χ1n) is 10.0. The maximum Gasteiger partial charge on any atom is 0.407 e. The molecule has 168 valence electrons. The minimum atomic E-state index is -0.434. The van der Waals surface area contributed by atoms with Crippen molar-refractivity contribution >= 4 is 46.4 Å². The second kappa shape index (κ2) is 10.5. The Morgan fingerprint density at radius 2 is 1.78 bits per heavy atom. The Kier molecular flexibility index (Phi) is 7.71. The predicted molar refractivity (Wildman–Crippen MR) is 130 cm³/mol. The molecule has 0 unspecified atom stereocenters. The van der Waals surface area contributed by atoms with Gasteiger partial charge in [0.15, 0.2) is 0 Å². The number of urea groups is 1. The highest BCUT2D eigenvalue weighted by Gasteiger charge is 2.14. The maximum absolute atomic E-state index is 12.2. The molecule has 9 heteroatoms.